The van der Waals surface area contributed by atoms with Gasteiger partial charge in [0.05, 0.1) is 0 Å². The summed E-state index contributed by atoms with van der Waals surface area (Å²) in [7, 11) is 0. The molecular formula is C17H18F3N3O2. The number of aryl methyl sites for hydroxylation is 1. The largest absolute Gasteiger partial charge is 0.480 e. The number of aliphatic carboxylic acids is 1. The van der Waals surface area contributed by atoms with E-state index in [-0.39, 0.29) is 43.2 Å². The second kappa shape index (κ2) is 6.50. The highest BCUT2D eigenvalue weighted by molar-refractivity contribution is 5.66. The quantitative estimate of drug-likeness (QED) is 0.908. The van der Waals surface area contributed by atoms with Crippen LogP contribution in [-0.4, -0.2) is 31.8 Å². The molecular weight excluding hydrogens is 335 g/mol. The molecule has 1 aliphatic carbocycles. The number of rotatable bonds is 4. The maximum Gasteiger partial charge on any atom is 0.325 e. The molecule has 25 heavy (non-hydrogen) atoms. The number of nitrogens with zero attached hydrogens (tertiary/aromatic N) is 3. The van der Waals surface area contributed by atoms with Crippen LogP contribution in [0.2, 0.25) is 0 Å². The third-order valence-corrected chi connectivity index (χ3v) is 4.48. The highest BCUT2D eigenvalue weighted by Crippen LogP contribution is 2.40. The first-order valence-electron chi connectivity index (χ1n) is 8.06. The molecule has 0 bridgehead atoms. The van der Waals surface area contributed by atoms with Crippen molar-refractivity contribution >= 4 is 5.97 Å². The number of hydrogen-bond donors (Lipinski definition) is 1. The Morgan fingerprint density at radius 3 is 2.64 bits per heavy atom. The standard InChI is InChI=1S/C17H18F3N3O2/c1-10-8-12(2-3-13(10)18)15-21-16(23(22-15)9-14(24)25)11-4-6-17(19,20)7-5-11/h2-3,8,11H,4-7,9H2,1H3,(H,24,25). The summed E-state index contributed by atoms with van der Waals surface area (Å²) >= 11 is 0. The Morgan fingerprint density at radius 2 is 2.04 bits per heavy atom. The van der Waals surface area contributed by atoms with Gasteiger partial charge in [-0.1, -0.05) is 0 Å². The summed E-state index contributed by atoms with van der Waals surface area (Å²) in [5.74, 6) is -3.71. The van der Waals surface area contributed by atoms with Crippen LogP contribution in [0.25, 0.3) is 11.4 Å². The van der Waals surface area contributed by atoms with Crippen LogP contribution in [0, 0.1) is 12.7 Å². The molecule has 5 nitrogen and oxygen atoms in total. The molecule has 0 unspecified atom stereocenters. The zero-order valence-corrected chi connectivity index (χ0v) is 13.7. The number of benzene rings is 1. The van der Waals surface area contributed by atoms with Crippen LogP contribution in [0.5, 0.6) is 0 Å². The van der Waals surface area contributed by atoms with E-state index in [1.54, 1.807) is 13.0 Å². The molecule has 0 atom stereocenters. The molecule has 8 heteroatoms. The Labute approximate surface area is 142 Å². The molecule has 0 aliphatic heterocycles. The van der Waals surface area contributed by atoms with Crippen molar-refractivity contribution in [1.82, 2.24) is 14.8 Å². The van der Waals surface area contributed by atoms with E-state index in [2.05, 4.69) is 10.1 Å². The van der Waals surface area contributed by atoms with E-state index in [9.17, 15) is 18.0 Å². The maximum absolute atomic E-state index is 13.4. The number of hydrogen-bond acceptors (Lipinski definition) is 3. The van der Waals surface area contributed by atoms with Gasteiger partial charge >= 0.3 is 5.97 Å². The predicted molar refractivity (Wildman–Crippen MR) is 83.9 cm³/mol. The molecule has 1 aromatic carbocycles. The third-order valence-electron chi connectivity index (χ3n) is 4.48. The van der Waals surface area contributed by atoms with Gasteiger partial charge < -0.3 is 5.11 Å². The number of carboxylic acid groups (broad SMARTS) is 1. The van der Waals surface area contributed by atoms with Crippen molar-refractivity contribution in [3.05, 3.63) is 35.4 Å². The highest BCUT2D eigenvalue weighted by atomic mass is 19.3. The summed E-state index contributed by atoms with van der Waals surface area (Å²) < 4.78 is 41.5. The number of aromatic nitrogens is 3. The molecule has 3 rings (SSSR count). The van der Waals surface area contributed by atoms with Crippen LogP contribution in [0.1, 0.15) is 43.0 Å². The van der Waals surface area contributed by atoms with E-state index in [1.165, 1.54) is 16.8 Å². The second-order valence-corrected chi connectivity index (χ2v) is 6.44. The Balaban J connectivity index is 1.95. The van der Waals surface area contributed by atoms with Crippen LogP contribution < -0.4 is 0 Å². The fraction of sp³-hybridized carbons (Fsp3) is 0.471. The van der Waals surface area contributed by atoms with Gasteiger partial charge in [0.1, 0.15) is 18.2 Å². The molecule has 1 saturated carbocycles. The molecule has 0 radical (unpaired) electrons. The van der Waals surface area contributed by atoms with Gasteiger partial charge in [-0.05, 0) is 43.5 Å². The molecule has 1 fully saturated rings. The van der Waals surface area contributed by atoms with Crippen molar-refractivity contribution in [3.8, 4) is 11.4 Å². The average molecular weight is 353 g/mol. The molecule has 1 heterocycles. The molecule has 134 valence electrons. The van der Waals surface area contributed by atoms with E-state index < -0.39 is 18.4 Å². The lowest BCUT2D eigenvalue weighted by Crippen LogP contribution is -2.26. The van der Waals surface area contributed by atoms with Gasteiger partial charge in [0, 0.05) is 24.3 Å². The predicted octanol–water partition coefficient (Wildman–Crippen LogP) is 3.77. The van der Waals surface area contributed by atoms with Gasteiger partial charge in [0.15, 0.2) is 5.82 Å². The lowest BCUT2D eigenvalue weighted by atomic mass is 9.86. The van der Waals surface area contributed by atoms with Crippen LogP contribution in [0.4, 0.5) is 13.2 Å². The molecule has 2 aromatic rings. The first-order chi connectivity index (χ1) is 11.7. The molecule has 1 N–H and O–H groups in total. The van der Waals surface area contributed by atoms with Gasteiger partial charge in [-0.2, -0.15) is 5.10 Å². The summed E-state index contributed by atoms with van der Waals surface area (Å²) in [6, 6.07) is 4.39. The van der Waals surface area contributed by atoms with Crippen LogP contribution in [0.3, 0.4) is 0 Å². The van der Waals surface area contributed by atoms with Crippen molar-refractivity contribution in [1.29, 1.82) is 0 Å². The second-order valence-electron chi connectivity index (χ2n) is 6.44. The van der Waals surface area contributed by atoms with Crippen LogP contribution in [-0.2, 0) is 11.3 Å². The Morgan fingerprint density at radius 1 is 1.36 bits per heavy atom. The minimum Gasteiger partial charge on any atom is -0.480 e. The summed E-state index contributed by atoms with van der Waals surface area (Å²) in [5, 5.41) is 13.3. The maximum atomic E-state index is 13.4. The molecule has 0 spiro atoms. The number of alkyl halides is 2. The number of carboxylic acids is 1. The van der Waals surface area contributed by atoms with E-state index in [4.69, 9.17) is 5.11 Å². The smallest absolute Gasteiger partial charge is 0.325 e. The first-order valence-corrected chi connectivity index (χ1v) is 8.06. The molecule has 1 aromatic heterocycles. The van der Waals surface area contributed by atoms with Crippen LogP contribution in [0.15, 0.2) is 18.2 Å². The normalized spacial score (nSPS) is 17.6. The Bertz CT molecular complexity index is 794. The zero-order chi connectivity index (χ0) is 18.2. The molecule has 0 amide bonds. The van der Waals surface area contributed by atoms with E-state index in [1.807, 2.05) is 0 Å². The molecule has 0 saturated heterocycles. The topological polar surface area (TPSA) is 68.0 Å². The monoisotopic (exact) mass is 353 g/mol. The third kappa shape index (κ3) is 3.83. The fourth-order valence-electron chi connectivity index (χ4n) is 3.11. The van der Waals surface area contributed by atoms with Gasteiger partial charge in [0.25, 0.3) is 0 Å². The lowest BCUT2D eigenvalue weighted by Gasteiger charge is -2.27. The minimum absolute atomic E-state index is 0.229. The number of halogens is 3. The summed E-state index contributed by atoms with van der Waals surface area (Å²) in [6.45, 7) is 1.21. The molecule has 1 aliphatic rings. The van der Waals surface area contributed by atoms with Gasteiger partial charge in [-0.15, -0.1) is 0 Å². The SMILES string of the molecule is Cc1cc(-c2nc(C3CCC(F)(F)CC3)n(CC(=O)O)n2)ccc1F. The van der Waals surface area contributed by atoms with Crippen molar-refractivity contribution in [2.45, 2.75) is 51.0 Å². The Hall–Kier alpha value is -2.38. The summed E-state index contributed by atoms with van der Waals surface area (Å²) in [4.78, 5) is 15.5. The fourth-order valence-corrected chi connectivity index (χ4v) is 3.11. The van der Waals surface area contributed by atoms with Gasteiger partial charge in [-0.3, -0.25) is 4.79 Å². The minimum atomic E-state index is -2.68. The zero-order valence-electron chi connectivity index (χ0n) is 13.7. The lowest BCUT2D eigenvalue weighted by molar-refractivity contribution is -0.138. The van der Waals surface area contributed by atoms with E-state index in [0.29, 0.717) is 17.0 Å². The van der Waals surface area contributed by atoms with E-state index >= 15 is 0 Å². The van der Waals surface area contributed by atoms with Crippen molar-refractivity contribution in [2.75, 3.05) is 0 Å². The first kappa shape index (κ1) is 17.4. The summed E-state index contributed by atoms with van der Waals surface area (Å²) in [5.41, 5.74) is 0.983. The average Bonchev–Trinajstić information content (AvgIpc) is 2.93. The summed E-state index contributed by atoms with van der Waals surface area (Å²) in [6.07, 6.45) is -0.0361. The van der Waals surface area contributed by atoms with Gasteiger partial charge in [0.2, 0.25) is 5.92 Å². The van der Waals surface area contributed by atoms with E-state index in [0.717, 1.165) is 0 Å². The van der Waals surface area contributed by atoms with Crippen molar-refractivity contribution in [3.63, 3.8) is 0 Å². The van der Waals surface area contributed by atoms with Crippen molar-refractivity contribution < 1.29 is 23.1 Å². The van der Waals surface area contributed by atoms with Crippen LogP contribution >= 0.6 is 0 Å². The van der Waals surface area contributed by atoms with Gasteiger partial charge in [-0.25, -0.2) is 22.8 Å². The van der Waals surface area contributed by atoms with Crippen molar-refractivity contribution in [2.24, 2.45) is 0 Å². The number of carbonyl (C=O) groups is 1. The highest BCUT2D eigenvalue weighted by Gasteiger charge is 2.37. The Kier molecular flexibility index (Phi) is 4.53.